The molecule has 1 aliphatic heterocycles. The van der Waals surface area contributed by atoms with Crippen LogP contribution in [0.2, 0.25) is 0 Å². The lowest BCUT2D eigenvalue weighted by atomic mass is 9.99. The molecular weight excluding hydrogens is 363 g/mol. The third kappa shape index (κ3) is 3.59. The van der Waals surface area contributed by atoms with E-state index in [1.165, 1.54) is 13.2 Å². The van der Waals surface area contributed by atoms with Crippen LogP contribution in [-0.2, 0) is 16.1 Å². The van der Waals surface area contributed by atoms with Crippen molar-refractivity contribution in [3.05, 3.63) is 52.4 Å². The second kappa shape index (κ2) is 6.76. The SMILES string of the molecule is COC(=O)C1CN(Cc2ccc(-c3ccc(Br)cn3)c(F)c2)C1. The summed E-state index contributed by atoms with van der Waals surface area (Å²) >= 11 is 3.32. The van der Waals surface area contributed by atoms with E-state index in [9.17, 15) is 9.18 Å². The number of benzene rings is 1. The molecule has 2 heterocycles. The molecule has 0 N–H and O–H groups in total. The predicted molar refractivity (Wildman–Crippen MR) is 88.1 cm³/mol. The Morgan fingerprint density at radius 1 is 1.39 bits per heavy atom. The van der Waals surface area contributed by atoms with Crippen molar-refractivity contribution in [2.75, 3.05) is 20.2 Å². The number of carbonyl (C=O) groups excluding carboxylic acids is 1. The normalized spacial score (nSPS) is 15.3. The maximum atomic E-state index is 14.3. The number of carbonyl (C=O) groups is 1. The van der Waals surface area contributed by atoms with Crippen LogP contribution in [0.1, 0.15) is 5.56 Å². The number of aromatic nitrogens is 1. The quantitative estimate of drug-likeness (QED) is 0.765. The maximum Gasteiger partial charge on any atom is 0.311 e. The van der Waals surface area contributed by atoms with Gasteiger partial charge in [-0.1, -0.05) is 6.07 Å². The summed E-state index contributed by atoms with van der Waals surface area (Å²) < 4.78 is 19.9. The second-order valence-corrected chi connectivity index (χ2v) is 6.51. The Bertz CT molecular complexity index is 715. The van der Waals surface area contributed by atoms with Gasteiger partial charge in [0.2, 0.25) is 0 Å². The number of pyridine rings is 1. The highest BCUT2D eigenvalue weighted by Gasteiger charge is 2.33. The molecule has 23 heavy (non-hydrogen) atoms. The number of nitrogens with zero attached hydrogens (tertiary/aromatic N) is 2. The summed E-state index contributed by atoms with van der Waals surface area (Å²) in [5, 5.41) is 0. The van der Waals surface area contributed by atoms with E-state index in [1.54, 1.807) is 18.3 Å². The van der Waals surface area contributed by atoms with Gasteiger partial charge in [-0.2, -0.15) is 0 Å². The Morgan fingerprint density at radius 2 is 2.17 bits per heavy atom. The molecule has 0 amide bonds. The molecule has 6 heteroatoms. The Balaban J connectivity index is 1.66. The largest absolute Gasteiger partial charge is 0.469 e. The first-order valence-electron chi connectivity index (χ1n) is 7.27. The van der Waals surface area contributed by atoms with Gasteiger partial charge >= 0.3 is 5.97 Å². The zero-order valence-electron chi connectivity index (χ0n) is 12.6. The maximum absolute atomic E-state index is 14.3. The van der Waals surface area contributed by atoms with Crippen LogP contribution in [-0.4, -0.2) is 36.1 Å². The van der Waals surface area contributed by atoms with E-state index in [1.807, 2.05) is 12.1 Å². The molecule has 0 radical (unpaired) electrons. The van der Waals surface area contributed by atoms with Gasteiger partial charge in [-0.3, -0.25) is 14.7 Å². The van der Waals surface area contributed by atoms with Crippen LogP contribution in [0.25, 0.3) is 11.3 Å². The summed E-state index contributed by atoms with van der Waals surface area (Å²) in [6.45, 7) is 1.94. The van der Waals surface area contributed by atoms with Crippen molar-refractivity contribution < 1.29 is 13.9 Å². The summed E-state index contributed by atoms with van der Waals surface area (Å²) in [6.07, 6.45) is 1.65. The minimum absolute atomic E-state index is 0.0592. The monoisotopic (exact) mass is 378 g/mol. The molecule has 0 bridgehead atoms. The number of halogens is 2. The molecule has 4 nitrogen and oxygen atoms in total. The molecule has 1 saturated heterocycles. The molecule has 1 aliphatic rings. The lowest BCUT2D eigenvalue weighted by Gasteiger charge is -2.37. The van der Waals surface area contributed by atoms with Crippen molar-refractivity contribution >= 4 is 21.9 Å². The molecule has 0 saturated carbocycles. The van der Waals surface area contributed by atoms with E-state index in [-0.39, 0.29) is 17.7 Å². The molecule has 0 unspecified atom stereocenters. The molecule has 3 rings (SSSR count). The summed E-state index contributed by atoms with van der Waals surface area (Å²) in [7, 11) is 1.40. The first-order chi connectivity index (χ1) is 11.1. The number of methoxy groups -OCH3 is 1. The number of rotatable bonds is 4. The molecular formula is C17H16BrFN2O2. The molecule has 1 aromatic carbocycles. The zero-order valence-corrected chi connectivity index (χ0v) is 14.2. The topological polar surface area (TPSA) is 42.4 Å². The van der Waals surface area contributed by atoms with Gasteiger partial charge < -0.3 is 4.74 Å². The third-order valence-electron chi connectivity index (χ3n) is 3.93. The van der Waals surface area contributed by atoms with E-state index >= 15 is 0 Å². The van der Waals surface area contributed by atoms with Crippen molar-refractivity contribution in [2.45, 2.75) is 6.54 Å². The van der Waals surface area contributed by atoms with Crippen molar-refractivity contribution in [3.8, 4) is 11.3 Å². The first-order valence-corrected chi connectivity index (χ1v) is 8.06. The van der Waals surface area contributed by atoms with Gasteiger partial charge in [0.15, 0.2) is 0 Å². The van der Waals surface area contributed by atoms with Gasteiger partial charge in [0.25, 0.3) is 0 Å². The van der Waals surface area contributed by atoms with Gasteiger partial charge in [-0.05, 0) is 45.8 Å². The average Bonchev–Trinajstić information content (AvgIpc) is 2.51. The van der Waals surface area contributed by atoms with Crippen molar-refractivity contribution in [3.63, 3.8) is 0 Å². The summed E-state index contributed by atoms with van der Waals surface area (Å²) in [5.41, 5.74) is 1.97. The van der Waals surface area contributed by atoms with E-state index in [4.69, 9.17) is 4.74 Å². The van der Waals surface area contributed by atoms with Gasteiger partial charge in [0.05, 0.1) is 18.7 Å². The lowest BCUT2D eigenvalue weighted by Crippen LogP contribution is -2.49. The zero-order chi connectivity index (χ0) is 16.4. The Morgan fingerprint density at radius 3 is 2.78 bits per heavy atom. The predicted octanol–water partition coefficient (Wildman–Crippen LogP) is 3.26. The van der Waals surface area contributed by atoms with Crippen LogP contribution in [0.3, 0.4) is 0 Å². The van der Waals surface area contributed by atoms with E-state index in [2.05, 4.69) is 25.8 Å². The number of hydrogen-bond acceptors (Lipinski definition) is 4. The van der Waals surface area contributed by atoms with Crippen LogP contribution in [0.5, 0.6) is 0 Å². The fourth-order valence-corrected chi connectivity index (χ4v) is 2.91. The number of ether oxygens (including phenoxy) is 1. The first kappa shape index (κ1) is 16.1. The van der Waals surface area contributed by atoms with Gasteiger partial charge in [0, 0.05) is 35.9 Å². The van der Waals surface area contributed by atoms with Crippen LogP contribution >= 0.6 is 15.9 Å². The summed E-state index contributed by atoms with van der Waals surface area (Å²) in [5.74, 6) is -0.525. The highest BCUT2D eigenvalue weighted by Crippen LogP contribution is 2.25. The van der Waals surface area contributed by atoms with E-state index in [0.717, 1.165) is 10.0 Å². The summed E-state index contributed by atoms with van der Waals surface area (Å²) in [6, 6.07) is 8.79. The Labute approximate surface area is 142 Å². The van der Waals surface area contributed by atoms with Gasteiger partial charge in [-0.25, -0.2) is 4.39 Å². The van der Waals surface area contributed by atoms with Gasteiger partial charge in [0.1, 0.15) is 5.82 Å². The van der Waals surface area contributed by atoms with Crippen molar-refractivity contribution in [1.82, 2.24) is 9.88 Å². The highest BCUT2D eigenvalue weighted by molar-refractivity contribution is 9.10. The van der Waals surface area contributed by atoms with Crippen LogP contribution in [0, 0.1) is 11.7 Å². The van der Waals surface area contributed by atoms with Gasteiger partial charge in [-0.15, -0.1) is 0 Å². The fraction of sp³-hybridized carbons (Fsp3) is 0.294. The van der Waals surface area contributed by atoms with Crippen molar-refractivity contribution in [2.24, 2.45) is 5.92 Å². The molecule has 1 aromatic heterocycles. The summed E-state index contributed by atoms with van der Waals surface area (Å²) in [4.78, 5) is 17.7. The van der Waals surface area contributed by atoms with Crippen molar-refractivity contribution in [1.29, 1.82) is 0 Å². The number of hydrogen-bond donors (Lipinski definition) is 0. The number of likely N-dealkylation sites (tertiary alicyclic amines) is 1. The molecule has 120 valence electrons. The minimum Gasteiger partial charge on any atom is -0.469 e. The van der Waals surface area contributed by atoms with Crippen LogP contribution in [0.15, 0.2) is 41.0 Å². The Kier molecular flexibility index (Phi) is 4.73. The minimum atomic E-state index is -0.289. The molecule has 0 spiro atoms. The second-order valence-electron chi connectivity index (χ2n) is 5.59. The van der Waals surface area contributed by atoms with Crippen LogP contribution in [0.4, 0.5) is 4.39 Å². The smallest absolute Gasteiger partial charge is 0.311 e. The fourth-order valence-electron chi connectivity index (χ4n) is 2.67. The van der Waals surface area contributed by atoms with E-state index < -0.39 is 0 Å². The third-order valence-corrected chi connectivity index (χ3v) is 4.40. The van der Waals surface area contributed by atoms with E-state index in [0.29, 0.717) is 30.9 Å². The standard InChI is InChI=1S/C17H16BrFN2O2/c1-23-17(22)12-9-21(10-12)8-11-2-4-14(15(19)6-11)16-5-3-13(18)7-20-16/h2-7,12H,8-10H2,1H3. The number of esters is 1. The Hall–Kier alpha value is -1.79. The average molecular weight is 379 g/mol. The van der Waals surface area contributed by atoms with Crippen LogP contribution < -0.4 is 0 Å². The molecule has 2 aromatic rings. The molecule has 1 fully saturated rings. The lowest BCUT2D eigenvalue weighted by molar-refractivity contribution is -0.151. The molecule has 0 aliphatic carbocycles. The molecule has 0 atom stereocenters. The highest BCUT2D eigenvalue weighted by atomic mass is 79.9.